The minimum Gasteiger partial charge on any atom is -0.401 e. The third-order valence-corrected chi connectivity index (χ3v) is 4.85. The molecule has 25 heavy (non-hydrogen) atoms. The molecule has 1 aromatic rings. The van der Waals surface area contributed by atoms with Crippen LogP contribution in [0, 0.1) is 10.1 Å². The van der Waals surface area contributed by atoms with Crippen LogP contribution in [0.5, 0.6) is 0 Å². The molecule has 132 valence electrons. The Morgan fingerprint density at radius 1 is 1.28 bits per heavy atom. The summed E-state index contributed by atoms with van der Waals surface area (Å²) in [5, 5.41) is 10.1. The number of nitrogens with zero attached hydrogens (tertiary/aromatic N) is 3. The largest absolute Gasteiger partial charge is 0.433 e. The van der Waals surface area contributed by atoms with Gasteiger partial charge in [-0.15, -0.1) is 0 Å². The van der Waals surface area contributed by atoms with Gasteiger partial charge in [0, 0.05) is 19.2 Å². The standard InChI is InChI=1S/C15H15N3O6S/c19-12(16-6-2-1-3-7-16)9-17-14(20)11(25-15(17)21)8-10-4-5-13(24-10)18(22)23/h4-5,8H,1-3,6-7,9H2/b11-8-. The number of likely N-dealkylation sites (tertiary alicyclic amines) is 1. The fourth-order valence-electron chi connectivity index (χ4n) is 2.66. The van der Waals surface area contributed by atoms with Gasteiger partial charge in [-0.1, -0.05) is 0 Å². The van der Waals surface area contributed by atoms with Gasteiger partial charge in [0.15, 0.2) is 0 Å². The number of rotatable bonds is 4. The Labute approximate surface area is 146 Å². The maximum atomic E-state index is 12.3. The summed E-state index contributed by atoms with van der Waals surface area (Å²) in [4.78, 5) is 49.2. The lowest BCUT2D eigenvalue weighted by Gasteiger charge is -2.27. The summed E-state index contributed by atoms with van der Waals surface area (Å²) in [6, 6.07) is 2.50. The average Bonchev–Trinajstić information content (AvgIpc) is 3.16. The number of carbonyl (C=O) groups excluding carboxylic acids is 3. The topological polar surface area (TPSA) is 114 Å². The van der Waals surface area contributed by atoms with E-state index in [0.29, 0.717) is 24.9 Å². The maximum Gasteiger partial charge on any atom is 0.433 e. The second-order valence-electron chi connectivity index (χ2n) is 5.64. The van der Waals surface area contributed by atoms with Crippen molar-refractivity contribution in [3.63, 3.8) is 0 Å². The SMILES string of the molecule is O=C(CN1C(=O)S/C(=C\c2ccc([N+](=O)[O-])o2)C1=O)N1CCCCC1. The van der Waals surface area contributed by atoms with Crippen LogP contribution in [0.4, 0.5) is 10.7 Å². The highest BCUT2D eigenvalue weighted by atomic mass is 32.2. The molecular weight excluding hydrogens is 350 g/mol. The van der Waals surface area contributed by atoms with E-state index in [9.17, 15) is 24.5 Å². The zero-order valence-corrected chi connectivity index (χ0v) is 14.0. The van der Waals surface area contributed by atoms with E-state index >= 15 is 0 Å². The van der Waals surface area contributed by atoms with Crippen LogP contribution in [-0.2, 0) is 9.59 Å². The van der Waals surface area contributed by atoms with Crippen LogP contribution in [0.1, 0.15) is 25.0 Å². The Kier molecular flexibility index (Phi) is 4.88. The first-order chi connectivity index (χ1) is 12.0. The van der Waals surface area contributed by atoms with Crippen LogP contribution >= 0.6 is 11.8 Å². The average molecular weight is 365 g/mol. The predicted octanol–water partition coefficient (Wildman–Crippen LogP) is 2.24. The van der Waals surface area contributed by atoms with Crippen LogP contribution in [0.2, 0.25) is 0 Å². The normalized spacial score (nSPS) is 19.8. The monoisotopic (exact) mass is 365 g/mol. The van der Waals surface area contributed by atoms with E-state index in [1.807, 2.05) is 0 Å². The van der Waals surface area contributed by atoms with Gasteiger partial charge in [-0.2, -0.15) is 0 Å². The fraction of sp³-hybridized carbons (Fsp3) is 0.400. The summed E-state index contributed by atoms with van der Waals surface area (Å²) in [7, 11) is 0. The van der Waals surface area contributed by atoms with Gasteiger partial charge in [0.2, 0.25) is 5.91 Å². The van der Waals surface area contributed by atoms with E-state index in [0.717, 1.165) is 30.2 Å². The Morgan fingerprint density at radius 3 is 2.64 bits per heavy atom. The third kappa shape index (κ3) is 3.73. The summed E-state index contributed by atoms with van der Waals surface area (Å²) in [6.07, 6.45) is 4.18. The molecule has 0 aromatic carbocycles. The zero-order valence-electron chi connectivity index (χ0n) is 13.2. The highest BCUT2D eigenvalue weighted by molar-refractivity contribution is 8.18. The fourth-order valence-corrected chi connectivity index (χ4v) is 3.48. The van der Waals surface area contributed by atoms with Crippen molar-refractivity contribution in [3.05, 3.63) is 32.9 Å². The van der Waals surface area contributed by atoms with E-state index < -0.39 is 22.0 Å². The van der Waals surface area contributed by atoms with Crippen LogP contribution in [0.15, 0.2) is 21.5 Å². The van der Waals surface area contributed by atoms with Crippen molar-refractivity contribution in [2.45, 2.75) is 19.3 Å². The minimum absolute atomic E-state index is 0.0701. The van der Waals surface area contributed by atoms with Crippen molar-refractivity contribution in [2.24, 2.45) is 0 Å². The summed E-state index contributed by atoms with van der Waals surface area (Å²) in [6.45, 7) is 0.988. The van der Waals surface area contributed by atoms with Gasteiger partial charge >= 0.3 is 5.88 Å². The molecule has 1 aromatic heterocycles. The van der Waals surface area contributed by atoms with Crippen LogP contribution in [-0.4, -0.2) is 51.4 Å². The predicted molar refractivity (Wildman–Crippen MR) is 88.5 cm³/mol. The van der Waals surface area contributed by atoms with Crippen molar-refractivity contribution < 1.29 is 23.7 Å². The number of thioether (sulfide) groups is 1. The van der Waals surface area contributed by atoms with Crippen LogP contribution < -0.4 is 0 Å². The number of hydrogen-bond acceptors (Lipinski definition) is 7. The summed E-state index contributed by atoms with van der Waals surface area (Å²) in [5.41, 5.74) is 0. The molecule has 0 saturated carbocycles. The molecule has 0 radical (unpaired) electrons. The van der Waals surface area contributed by atoms with Crippen molar-refractivity contribution >= 4 is 40.8 Å². The molecule has 2 aliphatic heterocycles. The molecule has 2 aliphatic rings. The van der Waals surface area contributed by atoms with Crippen LogP contribution in [0.25, 0.3) is 6.08 Å². The summed E-state index contributed by atoms with van der Waals surface area (Å²) in [5.74, 6) is -1.21. The smallest absolute Gasteiger partial charge is 0.401 e. The number of piperidine rings is 1. The molecular formula is C15H15N3O6S. The summed E-state index contributed by atoms with van der Waals surface area (Å²) < 4.78 is 4.96. The molecule has 10 heteroatoms. The Morgan fingerprint density at radius 2 is 2.00 bits per heavy atom. The van der Waals surface area contributed by atoms with Crippen molar-refractivity contribution in [1.82, 2.24) is 9.80 Å². The maximum absolute atomic E-state index is 12.3. The first-order valence-corrected chi connectivity index (χ1v) is 8.55. The second-order valence-corrected chi connectivity index (χ2v) is 6.64. The molecule has 0 aliphatic carbocycles. The lowest BCUT2D eigenvalue weighted by Crippen LogP contribution is -2.44. The van der Waals surface area contributed by atoms with Gasteiger partial charge in [-0.25, -0.2) is 0 Å². The first-order valence-electron chi connectivity index (χ1n) is 7.73. The van der Waals surface area contributed by atoms with Gasteiger partial charge < -0.3 is 9.32 Å². The van der Waals surface area contributed by atoms with Gasteiger partial charge in [0.05, 0.1) is 11.0 Å². The second kappa shape index (κ2) is 7.09. The number of hydrogen-bond donors (Lipinski definition) is 0. The molecule has 0 unspecified atom stereocenters. The van der Waals surface area contributed by atoms with Crippen LogP contribution in [0.3, 0.4) is 0 Å². The molecule has 3 heterocycles. The minimum atomic E-state index is -0.694. The van der Waals surface area contributed by atoms with Gasteiger partial charge in [-0.3, -0.25) is 29.4 Å². The van der Waals surface area contributed by atoms with Gasteiger partial charge in [0.25, 0.3) is 11.1 Å². The highest BCUT2D eigenvalue weighted by Crippen LogP contribution is 2.33. The van der Waals surface area contributed by atoms with Crippen molar-refractivity contribution in [1.29, 1.82) is 0 Å². The number of nitro groups is 1. The Balaban J connectivity index is 1.69. The van der Waals surface area contributed by atoms with E-state index in [1.54, 1.807) is 4.90 Å². The van der Waals surface area contributed by atoms with Gasteiger partial charge in [0.1, 0.15) is 17.2 Å². The third-order valence-electron chi connectivity index (χ3n) is 3.94. The Bertz CT molecular complexity index is 765. The van der Waals surface area contributed by atoms with E-state index in [2.05, 4.69) is 0 Å². The van der Waals surface area contributed by atoms with E-state index in [-0.39, 0.29) is 23.1 Å². The summed E-state index contributed by atoms with van der Waals surface area (Å²) >= 11 is 0.681. The van der Waals surface area contributed by atoms with E-state index in [1.165, 1.54) is 12.1 Å². The number of imide groups is 1. The number of amides is 3. The molecule has 3 rings (SSSR count). The Hall–Kier alpha value is -2.62. The molecule has 0 bridgehead atoms. The molecule has 3 amide bonds. The first kappa shape index (κ1) is 17.2. The molecule has 0 spiro atoms. The van der Waals surface area contributed by atoms with E-state index in [4.69, 9.17) is 4.42 Å². The van der Waals surface area contributed by atoms with Crippen molar-refractivity contribution in [2.75, 3.05) is 19.6 Å². The molecule has 2 saturated heterocycles. The molecule has 2 fully saturated rings. The number of carbonyl (C=O) groups is 3. The quantitative estimate of drug-likeness (QED) is 0.456. The lowest BCUT2D eigenvalue weighted by atomic mass is 10.1. The lowest BCUT2D eigenvalue weighted by molar-refractivity contribution is -0.402. The molecule has 0 atom stereocenters. The number of furan rings is 1. The molecule has 9 nitrogen and oxygen atoms in total. The highest BCUT2D eigenvalue weighted by Gasteiger charge is 2.37. The molecule has 0 N–H and O–H groups in total. The zero-order chi connectivity index (χ0) is 18.0. The van der Waals surface area contributed by atoms with Crippen molar-refractivity contribution in [3.8, 4) is 0 Å². The van der Waals surface area contributed by atoms with Gasteiger partial charge in [-0.05, 0) is 37.1 Å².